The molecule has 1 aliphatic carbocycles. The van der Waals surface area contributed by atoms with Crippen LogP contribution in [0.15, 0.2) is 18.2 Å². The van der Waals surface area contributed by atoms with Crippen molar-refractivity contribution in [1.29, 1.82) is 0 Å². The molecular formula is C17H25N3O4. The van der Waals surface area contributed by atoms with Gasteiger partial charge in [0.2, 0.25) is 0 Å². The number of amides is 1. The van der Waals surface area contributed by atoms with Crippen molar-refractivity contribution in [2.75, 3.05) is 27.7 Å². The standard InChI is InChI=1S/C17H25N3O4/c1-19(2)15-7-5-4-6-12(15)11-18-17(21)14-10-13(24-3)8-9-16(14)20(22)23/h8-10,12,15H,4-7,11H2,1-3H3,(H,18,21). The zero-order valence-corrected chi connectivity index (χ0v) is 14.4. The first-order valence-electron chi connectivity index (χ1n) is 8.21. The predicted octanol–water partition coefficient (Wildman–Crippen LogP) is 2.45. The third-order valence-corrected chi connectivity index (χ3v) is 4.70. The maximum absolute atomic E-state index is 12.5. The summed E-state index contributed by atoms with van der Waals surface area (Å²) in [6, 6.07) is 4.63. The lowest BCUT2D eigenvalue weighted by molar-refractivity contribution is -0.385. The van der Waals surface area contributed by atoms with Crippen LogP contribution in [0.1, 0.15) is 36.0 Å². The molecule has 0 saturated heterocycles. The molecule has 132 valence electrons. The van der Waals surface area contributed by atoms with E-state index in [0.29, 0.717) is 24.3 Å². The van der Waals surface area contributed by atoms with Gasteiger partial charge in [0.05, 0.1) is 12.0 Å². The van der Waals surface area contributed by atoms with Crippen LogP contribution in [0.2, 0.25) is 0 Å². The van der Waals surface area contributed by atoms with E-state index in [9.17, 15) is 14.9 Å². The number of nitrogens with zero attached hydrogens (tertiary/aromatic N) is 2. The average molecular weight is 335 g/mol. The van der Waals surface area contributed by atoms with Gasteiger partial charge < -0.3 is 15.0 Å². The van der Waals surface area contributed by atoms with Crippen LogP contribution in [-0.2, 0) is 0 Å². The molecule has 0 spiro atoms. The van der Waals surface area contributed by atoms with Gasteiger partial charge in [0, 0.05) is 18.7 Å². The molecule has 0 radical (unpaired) electrons. The van der Waals surface area contributed by atoms with Gasteiger partial charge in [0.1, 0.15) is 11.3 Å². The van der Waals surface area contributed by atoms with E-state index in [1.54, 1.807) is 0 Å². The summed E-state index contributed by atoms with van der Waals surface area (Å²) in [4.78, 5) is 25.3. The molecular weight excluding hydrogens is 310 g/mol. The summed E-state index contributed by atoms with van der Waals surface area (Å²) >= 11 is 0. The fraction of sp³-hybridized carbons (Fsp3) is 0.588. The summed E-state index contributed by atoms with van der Waals surface area (Å²) in [5.74, 6) is 0.362. The minimum Gasteiger partial charge on any atom is -0.497 e. The van der Waals surface area contributed by atoms with Crippen molar-refractivity contribution in [2.24, 2.45) is 5.92 Å². The quantitative estimate of drug-likeness (QED) is 0.637. The maximum atomic E-state index is 12.5. The maximum Gasteiger partial charge on any atom is 0.282 e. The minimum absolute atomic E-state index is 0.0385. The van der Waals surface area contributed by atoms with E-state index in [2.05, 4.69) is 24.3 Å². The summed E-state index contributed by atoms with van der Waals surface area (Å²) in [7, 11) is 5.57. The molecule has 0 aromatic heterocycles. The zero-order valence-electron chi connectivity index (χ0n) is 14.4. The van der Waals surface area contributed by atoms with Crippen LogP contribution in [-0.4, -0.2) is 49.5 Å². The van der Waals surface area contributed by atoms with Crippen molar-refractivity contribution >= 4 is 11.6 Å². The van der Waals surface area contributed by atoms with Crippen LogP contribution in [0.4, 0.5) is 5.69 Å². The van der Waals surface area contributed by atoms with Crippen LogP contribution in [0.5, 0.6) is 5.75 Å². The molecule has 7 heteroatoms. The molecule has 2 rings (SSSR count). The first kappa shape index (κ1) is 18.2. The molecule has 1 fully saturated rings. The number of carbonyl (C=O) groups excluding carboxylic acids is 1. The van der Waals surface area contributed by atoms with Gasteiger partial charge in [-0.3, -0.25) is 14.9 Å². The van der Waals surface area contributed by atoms with Crippen LogP contribution in [0, 0.1) is 16.0 Å². The number of hydrogen-bond acceptors (Lipinski definition) is 5. The van der Waals surface area contributed by atoms with E-state index in [4.69, 9.17) is 4.74 Å². The van der Waals surface area contributed by atoms with E-state index in [0.717, 1.165) is 19.3 Å². The van der Waals surface area contributed by atoms with Crippen molar-refractivity contribution < 1.29 is 14.5 Å². The van der Waals surface area contributed by atoms with E-state index in [-0.39, 0.29) is 11.3 Å². The number of nitro groups is 1. The van der Waals surface area contributed by atoms with Crippen LogP contribution in [0.25, 0.3) is 0 Å². The summed E-state index contributed by atoms with van der Waals surface area (Å²) in [6.07, 6.45) is 4.54. The number of benzene rings is 1. The fourth-order valence-electron chi connectivity index (χ4n) is 3.41. The van der Waals surface area contributed by atoms with Crippen LogP contribution in [0.3, 0.4) is 0 Å². The van der Waals surface area contributed by atoms with E-state index < -0.39 is 10.8 Å². The molecule has 2 atom stereocenters. The van der Waals surface area contributed by atoms with E-state index in [1.807, 2.05) is 0 Å². The molecule has 0 aliphatic heterocycles. The normalized spacial score (nSPS) is 20.7. The molecule has 0 bridgehead atoms. The molecule has 7 nitrogen and oxygen atoms in total. The first-order valence-corrected chi connectivity index (χ1v) is 8.21. The second kappa shape index (κ2) is 8.10. The summed E-state index contributed by atoms with van der Waals surface area (Å²) in [5.41, 5.74) is -0.169. The monoisotopic (exact) mass is 335 g/mol. The Bertz CT molecular complexity index is 603. The van der Waals surface area contributed by atoms with Crippen molar-refractivity contribution in [3.8, 4) is 5.75 Å². The molecule has 1 aromatic rings. The van der Waals surface area contributed by atoms with Crippen LogP contribution < -0.4 is 10.1 Å². The summed E-state index contributed by atoms with van der Waals surface area (Å²) in [5, 5.41) is 14.0. The molecule has 1 N–H and O–H groups in total. The summed E-state index contributed by atoms with van der Waals surface area (Å²) < 4.78 is 5.07. The van der Waals surface area contributed by atoms with Crippen molar-refractivity contribution in [2.45, 2.75) is 31.7 Å². The highest BCUT2D eigenvalue weighted by molar-refractivity contribution is 5.98. The van der Waals surface area contributed by atoms with Crippen LogP contribution >= 0.6 is 0 Å². The third kappa shape index (κ3) is 4.23. The predicted molar refractivity (Wildman–Crippen MR) is 91.4 cm³/mol. The van der Waals surface area contributed by atoms with Gasteiger partial charge in [-0.15, -0.1) is 0 Å². The molecule has 1 aliphatic rings. The molecule has 2 unspecified atom stereocenters. The molecule has 24 heavy (non-hydrogen) atoms. The molecule has 0 heterocycles. The van der Waals surface area contributed by atoms with E-state index >= 15 is 0 Å². The number of hydrogen-bond donors (Lipinski definition) is 1. The lowest BCUT2D eigenvalue weighted by Gasteiger charge is -2.36. The lowest BCUT2D eigenvalue weighted by atomic mass is 9.83. The Labute approximate surface area is 142 Å². The Morgan fingerprint density at radius 1 is 1.38 bits per heavy atom. The van der Waals surface area contributed by atoms with Crippen molar-refractivity contribution in [1.82, 2.24) is 10.2 Å². The zero-order chi connectivity index (χ0) is 17.7. The number of rotatable bonds is 6. The Morgan fingerprint density at radius 3 is 2.71 bits per heavy atom. The number of methoxy groups -OCH3 is 1. The van der Waals surface area contributed by atoms with Gasteiger partial charge in [-0.1, -0.05) is 12.8 Å². The van der Waals surface area contributed by atoms with Gasteiger partial charge in [0.25, 0.3) is 11.6 Å². The fourth-order valence-corrected chi connectivity index (χ4v) is 3.41. The topological polar surface area (TPSA) is 84.7 Å². The number of nitro benzene ring substituents is 1. The van der Waals surface area contributed by atoms with Crippen molar-refractivity contribution in [3.63, 3.8) is 0 Å². The number of nitrogens with one attached hydrogen (secondary N) is 1. The Hall–Kier alpha value is -2.15. The van der Waals surface area contributed by atoms with Gasteiger partial charge in [-0.25, -0.2) is 0 Å². The van der Waals surface area contributed by atoms with Crippen molar-refractivity contribution in [3.05, 3.63) is 33.9 Å². The Morgan fingerprint density at radius 2 is 2.08 bits per heavy atom. The third-order valence-electron chi connectivity index (χ3n) is 4.70. The Kier molecular flexibility index (Phi) is 6.14. The largest absolute Gasteiger partial charge is 0.497 e. The second-order valence-corrected chi connectivity index (χ2v) is 6.43. The number of carbonyl (C=O) groups is 1. The highest BCUT2D eigenvalue weighted by Crippen LogP contribution is 2.27. The first-order chi connectivity index (χ1) is 11.4. The van der Waals surface area contributed by atoms with Gasteiger partial charge >= 0.3 is 0 Å². The lowest BCUT2D eigenvalue weighted by Crippen LogP contribution is -2.43. The smallest absolute Gasteiger partial charge is 0.282 e. The highest BCUT2D eigenvalue weighted by atomic mass is 16.6. The second-order valence-electron chi connectivity index (χ2n) is 6.43. The molecule has 1 amide bonds. The van der Waals surface area contributed by atoms with Gasteiger partial charge in [-0.05, 0) is 45.0 Å². The highest BCUT2D eigenvalue weighted by Gasteiger charge is 2.28. The molecule has 1 aromatic carbocycles. The SMILES string of the molecule is COc1ccc([N+](=O)[O-])c(C(=O)NCC2CCCCC2N(C)C)c1. The minimum atomic E-state index is -0.544. The Balaban J connectivity index is 2.10. The molecule has 1 saturated carbocycles. The number of ether oxygens (including phenoxy) is 1. The average Bonchev–Trinajstić information content (AvgIpc) is 2.59. The summed E-state index contributed by atoms with van der Waals surface area (Å²) in [6.45, 7) is 0.524. The van der Waals surface area contributed by atoms with Gasteiger partial charge in [-0.2, -0.15) is 0 Å². The van der Waals surface area contributed by atoms with E-state index in [1.165, 1.54) is 31.7 Å². The van der Waals surface area contributed by atoms with Gasteiger partial charge in [0.15, 0.2) is 0 Å².